The van der Waals surface area contributed by atoms with Crippen LogP contribution in [0.15, 0.2) is 29.1 Å². The Kier molecular flexibility index (Phi) is 5.44. The lowest BCUT2D eigenvalue weighted by atomic mass is 10.0. The van der Waals surface area contributed by atoms with Gasteiger partial charge in [-0.25, -0.2) is 4.98 Å². The molecule has 3 rings (SSSR count). The molecule has 0 atom stereocenters. The maximum atomic E-state index is 13.2. The molecular weight excluding hydrogens is 372 g/mol. The van der Waals surface area contributed by atoms with Crippen molar-refractivity contribution in [3.8, 4) is 11.1 Å². The second-order valence-corrected chi connectivity index (χ2v) is 7.70. The zero-order valence-corrected chi connectivity index (χ0v) is 16.2. The molecule has 0 saturated carbocycles. The molecule has 0 aliphatic rings. The standard InChI is InChI=1S/C19H19ClN2O3S/c1-3-14-21-18-17(19(25)22(14)10-4-5-15(23)24)16(11(2)26-18)12-6-8-13(20)9-7-12/h6-9H,3-5,10H2,1-2H3,(H,23,24). The highest BCUT2D eigenvalue weighted by atomic mass is 35.5. The van der Waals surface area contributed by atoms with Gasteiger partial charge in [-0.1, -0.05) is 30.7 Å². The summed E-state index contributed by atoms with van der Waals surface area (Å²) in [6.07, 6.45) is 1.04. The van der Waals surface area contributed by atoms with Crippen LogP contribution in [0.3, 0.4) is 0 Å². The van der Waals surface area contributed by atoms with Crippen molar-refractivity contribution in [1.29, 1.82) is 0 Å². The number of aromatic nitrogens is 2. The van der Waals surface area contributed by atoms with Crippen molar-refractivity contribution in [2.75, 3.05) is 0 Å². The molecule has 0 saturated heterocycles. The van der Waals surface area contributed by atoms with E-state index in [0.717, 1.165) is 20.8 Å². The van der Waals surface area contributed by atoms with Crippen molar-refractivity contribution in [3.63, 3.8) is 0 Å². The summed E-state index contributed by atoms with van der Waals surface area (Å²) >= 11 is 7.49. The van der Waals surface area contributed by atoms with Gasteiger partial charge in [0, 0.05) is 34.8 Å². The first kappa shape index (κ1) is 18.6. The minimum absolute atomic E-state index is 0.0281. The van der Waals surface area contributed by atoms with Crippen LogP contribution in [0.1, 0.15) is 30.5 Å². The monoisotopic (exact) mass is 390 g/mol. The van der Waals surface area contributed by atoms with Gasteiger partial charge in [-0.15, -0.1) is 11.3 Å². The second kappa shape index (κ2) is 7.60. The Morgan fingerprint density at radius 1 is 1.31 bits per heavy atom. The van der Waals surface area contributed by atoms with Crippen LogP contribution in [0, 0.1) is 6.92 Å². The lowest BCUT2D eigenvalue weighted by Crippen LogP contribution is -2.25. The Bertz CT molecular complexity index is 1020. The largest absolute Gasteiger partial charge is 0.481 e. The zero-order chi connectivity index (χ0) is 18.8. The zero-order valence-electron chi connectivity index (χ0n) is 14.6. The van der Waals surface area contributed by atoms with Crippen molar-refractivity contribution in [3.05, 3.63) is 50.3 Å². The van der Waals surface area contributed by atoms with E-state index in [-0.39, 0.29) is 12.0 Å². The average Bonchev–Trinajstić information content (AvgIpc) is 2.93. The van der Waals surface area contributed by atoms with Crippen LogP contribution in [-0.4, -0.2) is 20.6 Å². The fourth-order valence-corrected chi connectivity index (χ4v) is 4.27. The van der Waals surface area contributed by atoms with Gasteiger partial charge in [-0.3, -0.25) is 14.2 Å². The van der Waals surface area contributed by atoms with E-state index in [0.29, 0.717) is 35.6 Å². The quantitative estimate of drug-likeness (QED) is 0.671. The highest BCUT2D eigenvalue weighted by Gasteiger charge is 2.19. The summed E-state index contributed by atoms with van der Waals surface area (Å²) in [5, 5.41) is 10.1. The fraction of sp³-hybridized carbons (Fsp3) is 0.316. The van der Waals surface area contributed by atoms with Crippen molar-refractivity contribution in [2.24, 2.45) is 0 Å². The summed E-state index contributed by atoms with van der Waals surface area (Å²) in [5.41, 5.74) is 1.71. The summed E-state index contributed by atoms with van der Waals surface area (Å²) in [6, 6.07) is 7.41. The van der Waals surface area contributed by atoms with Crippen molar-refractivity contribution in [2.45, 2.75) is 39.7 Å². The third-order valence-electron chi connectivity index (χ3n) is 4.29. The number of aliphatic carboxylic acids is 1. The fourth-order valence-electron chi connectivity index (χ4n) is 3.09. The summed E-state index contributed by atoms with van der Waals surface area (Å²) in [4.78, 5) is 30.4. The first-order valence-electron chi connectivity index (χ1n) is 8.43. The highest BCUT2D eigenvalue weighted by molar-refractivity contribution is 7.19. The molecule has 0 bridgehead atoms. The minimum atomic E-state index is -0.863. The van der Waals surface area contributed by atoms with Crippen LogP contribution in [0.2, 0.25) is 5.02 Å². The van der Waals surface area contributed by atoms with Crippen molar-refractivity contribution >= 4 is 39.1 Å². The lowest BCUT2D eigenvalue weighted by Gasteiger charge is -2.11. The molecule has 0 aliphatic heterocycles. The lowest BCUT2D eigenvalue weighted by molar-refractivity contribution is -0.137. The number of carboxylic acids is 1. The van der Waals surface area contributed by atoms with Crippen molar-refractivity contribution in [1.82, 2.24) is 9.55 Å². The Balaban J connectivity index is 2.18. The van der Waals surface area contributed by atoms with Crippen LogP contribution in [-0.2, 0) is 17.8 Å². The Morgan fingerprint density at radius 2 is 2.00 bits per heavy atom. The minimum Gasteiger partial charge on any atom is -0.481 e. The number of hydrogen-bond donors (Lipinski definition) is 1. The number of fused-ring (bicyclic) bond motifs is 1. The molecule has 2 heterocycles. The van der Waals surface area contributed by atoms with E-state index >= 15 is 0 Å². The summed E-state index contributed by atoms with van der Waals surface area (Å²) in [6.45, 7) is 4.28. The van der Waals surface area contributed by atoms with Crippen LogP contribution < -0.4 is 5.56 Å². The number of carbonyl (C=O) groups is 1. The normalized spacial score (nSPS) is 11.2. The maximum Gasteiger partial charge on any atom is 0.303 e. The molecule has 26 heavy (non-hydrogen) atoms. The van der Waals surface area contributed by atoms with Crippen molar-refractivity contribution < 1.29 is 9.90 Å². The first-order valence-corrected chi connectivity index (χ1v) is 9.62. The van der Waals surface area contributed by atoms with E-state index in [4.69, 9.17) is 16.7 Å². The molecular formula is C19H19ClN2O3S. The van der Waals surface area contributed by atoms with Gasteiger partial charge in [0.25, 0.3) is 5.56 Å². The van der Waals surface area contributed by atoms with Gasteiger partial charge in [-0.05, 0) is 31.0 Å². The summed E-state index contributed by atoms with van der Waals surface area (Å²) in [7, 11) is 0. The Labute approximate surface area is 159 Å². The maximum absolute atomic E-state index is 13.2. The van der Waals surface area contributed by atoms with E-state index in [1.165, 1.54) is 11.3 Å². The van der Waals surface area contributed by atoms with E-state index in [2.05, 4.69) is 4.98 Å². The molecule has 7 heteroatoms. The van der Waals surface area contributed by atoms with Crippen LogP contribution in [0.4, 0.5) is 0 Å². The van der Waals surface area contributed by atoms with Gasteiger partial charge >= 0.3 is 5.97 Å². The number of hydrogen-bond acceptors (Lipinski definition) is 4. The number of halogens is 1. The van der Waals surface area contributed by atoms with Gasteiger partial charge in [0.1, 0.15) is 10.7 Å². The number of rotatable bonds is 6. The molecule has 0 radical (unpaired) electrons. The number of benzene rings is 1. The number of aryl methyl sites for hydroxylation is 2. The van der Waals surface area contributed by atoms with Gasteiger partial charge in [0.05, 0.1) is 5.39 Å². The molecule has 3 aromatic rings. The van der Waals surface area contributed by atoms with Gasteiger partial charge in [-0.2, -0.15) is 0 Å². The molecule has 0 unspecified atom stereocenters. The van der Waals surface area contributed by atoms with Gasteiger partial charge < -0.3 is 5.11 Å². The molecule has 1 aromatic carbocycles. The molecule has 0 spiro atoms. The van der Waals surface area contributed by atoms with Gasteiger partial charge in [0.15, 0.2) is 0 Å². The number of carboxylic acid groups (broad SMARTS) is 1. The SMILES string of the molecule is CCc1nc2sc(C)c(-c3ccc(Cl)cc3)c2c(=O)n1CCCC(=O)O. The number of nitrogens with zero attached hydrogens (tertiary/aromatic N) is 2. The van der Waals surface area contributed by atoms with Gasteiger partial charge in [0.2, 0.25) is 0 Å². The predicted octanol–water partition coefficient (Wildman–Crippen LogP) is 4.51. The highest BCUT2D eigenvalue weighted by Crippen LogP contribution is 2.36. The first-order chi connectivity index (χ1) is 12.4. The molecule has 136 valence electrons. The Hall–Kier alpha value is -2.18. The predicted molar refractivity (Wildman–Crippen MR) is 105 cm³/mol. The van der Waals surface area contributed by atoms with E-state index < -0.39 is 5.97 Å². The van der Waals surface area contributed by atoms with E-state index in [1.807, 2.05) is 26.0 Å². The summed E-state index contributed by atoms with van der Waals surface area (Å²) in [5.74, 6) is -0.171. The second-order valence-electron chi connectivity index (χ2n) is 6.06. The van der Waals surface area contributed by atoms with E-state index in [1.54, 1.807) is 16.7 Å². The smallest absolute Gasteiger partial charge is 0.303 e. The van der Waals surface area contributed by atoms with Crippen LogP contribution in [0.5, 0.6) is 0 Å². The molecule has 0 amide bonds. The van der Waals surface area contributed by atoms with Crippen LogP contribution >= 0.6 is 22.9 Å². The molecule has 1 N–H and O–H groups in total. The number of thiophene rings is 1. The third-order valence-corrected chi connectivity index (χ3v) is 5.54. The third kappa shape index (κ3) is 3.52. The molecule has 2 aromatic heterocycles. The van der Waals surface area contributed by atoms with E-state index in [9.17, 15) is 9.59 Å². The topological polar surface area (TPSA) is 72.2 Å². The Morgan fingerprint density at radius 3 is 2.62 bits per heavy atom. The molecule has 5 nitrogen and oxygen atoms in total. The average molecular weight is 391 g/mol. The van der Waals surface area contributed by atoms with Crippen LogP contribution in [0.25, 0.3) is 21.3 Å². The molecule has 0 fully saturated rings. The summed E-state index contributed by atoms with van der Waals surface area (Å²) < 4.78 is 1.62. The molecule has 0 aliphatic carbocycles.